The van der Waals surface area contributed by atoms with Gasteiger partial charge in [0.2, 0.25) is 0 Å². The lowest BCUT2D eigenvalue weighted by Gasteiger charge is -2.48. The van der Waals surface area contributed by atoms with Crippen molar-refractivity contribution in [2.45, 2.75) is 37.9 Å². The summed E-state index contributed by atoms with van der Waals surface area (Å²) in [5.74, 6) is 4.53. The smallest absolute Gasteiger partial charge is 0.323 e. The lowest BCUT2D eigenvalue weighted by atomic mass is 9.86. The highest BCUT2D eigenvalue weighted by Gasteiger charge is 2.44. The van der Waals surface area contributed by atoms with E-state index >= 15 is 0 Å². The van der Waals surface area contributed by atoms with Gasteiger partial charge in [-0.2, -0.15) is 0 Å². The normalized spacial score (nSPS) is 25.6. The fourth-order valence-corrected chi connectivity index (χ4v) is 3.92. The summed E-state index contributed by atoms with van der Waals surface area (Å²) in [4.78, 5) is 33.7. The number of nitrogens with two attached hydrogens (primary N) is 1. The molecule has 2 aliphatic heterocycles. The summed E-state index contributed by atoms with van der Waals surface area (Å²) in [6.45, 7) is 1.31. The molecule has 3 atom stereocenters. The monoisotopic (exact) mass is 403 g/mol. The molecule has 3 unspecified atom stereocenters. The van der Waals surface area contributed by atoms with Gasteiger partial charge in [0.1, 0.15) is 12.2 Å². The molecule has 3 aliphatic rings. The SMILES string of the molecule is [N-]=[N+]=NCC1CC2=C(C=C1C=N)N(CCCCCON)C1NC(=O)NC(=O)C1N2. The molecule has 3 amide bonds. The van der Waals surface area contributed by atoms with Gasteiger partial charge in [0, 0.05) is 29.9 Å². The molecule has 1 saturated heterocycles. The van der Waals surface area contributed by atoms with E-state index in [2.05, 4.69) is 30.8 Å². The zero-order valence-corrected chi connectivity index (χ0v) is 15.9. The Morgan fingerprint density at radius 1 is 1.38 bits per heavy atom. The highest BCUT2D eigenvalue weighted by molar-refractivity contribution is 6.00. The van der Waals surface area contributed by atoms with Crippen molar-refractivity contribution in [3.05, 3.63) is 33.5 Å². The highest BCUT2D eigenvalue weighted by Crippen LogP contribution is 2.34. The van der Waals surface area contributed by atoms with Crippen LogP contribution in [0.2, 0.25) is 0 Å². The Kier molecular flexibility index (Phi) is 6.70. The van der Waals surface area contributed by atoms with E-state index in [4.69, 9.17) is 16.8 Å². The summed E-state index contributed by atoms with van der Waals surface area (Å²) >= 11 is 0. The van der Waals surface area contributed by atoms with Crippen molar-refractivity contribution in [1.29, 1.82) is 5.41 Å². The van der Waals surface area contributed by atoms with Crippen LogP contribution >= 0.6 is 0 Å². The second-order valence-electron chi connectivity index (χ2n) is 7.12. The maximum absolute atomic E-state index is 12.4. The predicted molar refractivity (Wildman–Crippen MR) is 104 cm³/mol. The number of rotatable bonds is 9. The molecule has 1 fully saturated rings. The van der Waals surface area contributed by atoms with Crippen molar-refractivity contribution < 1.29 is 14.4 Å². The van der Waals surface area contributed by atoms with Crippen LogP contribution in [0.3, 0.4) is 0 Å². The van der Waals surface area contributed by atoms with Gasteiger partial charge in [-0.3, -0.25) is 10.1 Å². The number of azide groups is 1. The van der Waals surface area contributed by atoms with Crippen molar-refractivity contribution in [2.75, 3.05) is 19.7 Å². The molecule has 156 valence electrons. The van der Waals surface area contributed by atoms with Crippen molar-refractivity contribution in [3.63, 3.8) is 0 Å². The molecule has 0 aromatic carbocycles. The summed E-state index contributed by atoms with van der Waals surface area (Å²) in [5.41, 5.74) is 11.1. The third kappa shape index (κ3) is 4.50. The number of hydrogen-bond acceptors (Lipinski definition) is 8. The topological polar surface area (TPSA) is 181 Å². The molecule has 0 radical (unpaired) electrons. The number of nitrogens with zero attached hydrogens (tertiary/aromatic N) is 4. The van der Waals surface area contributed by atoms with Crippen LogP contribution in [0.15, 0.2) is 28.2 Å². The summed E-state index contributed by atoms with van der Waals surface area (Å²) in [6, 6.07) is -1.16. The first-order chi connectivity index (χ1) is 14.1. The number of allylic oxidation sites excluding steroid dienone is 2. The Morgan fingerprint density at radius 2 is 2.21 bits per heavy atom. The van der Waals surface area contributed by atoms with Gasteiger partial charge in [0.15, 0.2) is 0 Å². The van der Waals surface area contributed by atoms with Gasteiger partial charge in [0.25, 0.3) is 5.91 Å². The molecule has 0 spiro atoms. The Hall–Kier alpha value is -3.08. The minimum Gasteiger partial charge on any atom is -0.372 e. The molecule has 6 N–H and O–H groups in total. The molecule has 0 bridgehead atoms. The van der Waals surface area contributed by atoms with E-state index in [0.717, 1.165) is 36.2 Å². The number of imide groups is 1. The number of amides is 3. The molecule has 12 nitrogen and oxygen atoms in total. The molecule has 1 aliphatic carbocycles. The lowest BCUT2D eigenvalue weighted by molar-refractivity contribution is -0.125. The fraction of sp³-hybridized carbons (Fsp3) is 0.588. The highest BCUT2D eigenvalue weighted by atomic mass is 16.6. The maximum Gasteiger partial charge on any atom is 0.323 e. The number of hydrogen-bond donors (Lipinski definition) is 5. The van der Waals surface area contributed by atoms with Gasteiger partial charge in [-0.05, 0) is 48.8 Å². The lowest BCUT2D eigenvalue weighted by Crippen LogP contribution is -2.72. The van der Waals surface area contributed by atoms with Crippen molar-refractivity contribution in [2.24, 2.45) is 16.9 Å². The molecular formula is C17H25N9O3. The number of unbranched alkanes of at least 4 members (excludes halogenated alkanes) is 2. The fourth-order valence-electron chi connectivity index (χ4n) is 3.92. The maximum atomic E-state index is 12.4. The Bertz CT molecular complexity index is 787. The number of fused-ring (bicyclic) bond motifs is 1. The van der Waals surface area contributed by atoms with Gasteiger partial charge in [-0.15, -0.1) is 0 Å². The van der Waals surface area contributed by atoms with Crippen molar-refractivity contribution in [1.82, 2.24) is 20.9 Å². The molecule has 0 aromatic heterocycles. The van der Waals surface area contributed by atoms with Gasteiger partial charge >= 0.3 is 6.03 Å². The summed E-state index contributed by atoms with van der Waals surface area (Å²) < 4.78 is 0. The first-order valence-electron chi connectivity index (χ1n) is 9.51. The van der Waals surface area contributed by atoms with Gasteiger partial charge < -0.3 is 25.8 Å². The molecule has 0 aromatic rings. The molecule has 3 rings (SSSR count). The molecule has 0 saturated carbocycles. The van der Waals surface area contributed by atoms with E-state index in [1.165, 1.54) is 6.21 Å². The largest absolute Gasteiger partial charge is 0.372 e. The molecule has 2 heterocycles. The van der Waals surface area contributed by atoms with Crippen molar-refractivity contribution >= 4 is 18.2 Å². The first kappa shape index (κ1) is 20.6. The Morgan fingerprint density at radius 3 is 2.93 bits per heavy atom. The molecular weight excluding hydrogens is 378 g/mol. The van der Waals surface area contributed by atoms with E-state index in [1.54, 1.807) is 0 Å². The third-order valence-corrected chi connectivity index (χ3v) is 5.32. The zero-order valence-electron chi connectivity index (χ0n) is 15.9. The quantitative estimate of drug-likeness (QED) is 0.0938. The van der Waals surface area contributed by atoms with E-state index in [1.807, 2.05) is 11.0 Å². The van der Waals surface area contributed by atoms with E-state index < -0.39 is 18.2 Å². The number of urea groups is 1. The second-order valence-corrected chi connectivity index (χ2v) is 7.12. The van der Waals surface area contributed by atoms with Crippen LogP contribution in [-0.2, 0) is 9.63 Å². The van der Waals surface area contributed by atoms with Crippen LogP contribution in [0.4, 0.5) is 4.79 Å². The zero-order chi connectivity index (χ0) is 20.8. The molecule has 12 heteroatoms. The standard InChI is InChI=1S/C17H25N9O3/c18-8-10-7-13-12(6-11(10)9-21-25-19)22-14-15(23-17(28)24-16(14)27)26(13)4-2-1-3-5-29-20/h7-8,11,14-15,18,22H,1-6,9,20H2,(H2,23,24,27,28). The van der Waals surface area contributed by atoms with Crippen LogP contribution in [0, 0.1) is 11.3 Å². The minimum absolute atomic E-state index is 0.143. The van der Waals surface area contributed by atoms with Gasteiger partial charge in [-0.1, -0.05) is 5.11 Å². The molecule has 29 heavy (non-hydrogen) atoms. The summed E-state index contributed by atoms with van der Waals surface area (Å²) in [5, 5.41) is 19.8. The third-order valence-electron chi connectivity index (χ3n) is 5.32. The van der Waals surface area contributed by atoms with Crippen molar-refractivity contribution in [3.8, 4) is 0 Å². The van der Waals surface area contributed by atoms with Gasteiger partial charge in [-0.25, -0.2) is 10.7 Å². The van der Waals surface area contributed by atoms with Crippen LogP contribution in [0.5, 0.6) is 0 Å². The van der Waals surface area contributed by atoms with Crippen LogP contribution in [0.25, 0.3) is 10.4 Å². The Balaban J connectivity index is 1.87. The minimum atomic E-state index is -0.631. The average Bonchev–Trinajstić information content (AvgIpc) is 2.71. The van der Waals surface area contributed by atoms with E-state index in [9.17, 15) is 9.59 Å². The number of nitrogens with one attached hydrogen (secondary N) is 4. The average molecular weight is 403 g/mol. The van der Waals surface area contributed by atoms with E-state index in [0.29, 0.717) is 19.6 Å². The summed E-state index contributed by atoms with van der Waals surface area (Å²) in [6.07, 6.45) is 5.62. The van der Waals surface area contributed by atoms with Gasteiger partial charge in [0.05, 0.1) is 12.3 Å². The predicted octanol–water partition coefficient (Wildman–Crippen LogP) is 0.604. The number of carbonyl (C=O) groups excluding carboxylic acids is 2. The van der Waals surface area contributed by atoms with Crippen LogP contribution < -0.4 is 21.8 Å². The Labute approximate surface area is 167 Å². The van der Waals surface area contributed by atoms with E-state index in [-0.39, 0.29) is 18.4 Å². The van der Waals surface area contributed by atoms with Crippen LogP contribution in [-0.4, -0.2) is 55.0 Å². The summed E-state index contributed by atoms with van der Waals surface area (Å²) in [7, 11) is 0. The van der Waals surface area contributed by atoms with Crippen LogP contribution in [0.1, 0.15) is 25.7 Å². The number of carbonyl (C=O) groups is 2. The first-order valence-corrected chi connectivity index (χ1v) is 9.51. The second kappa shape index (κ2) is 9.41.